The third-order valence-corrected chi connectivity index (χ3v) is 4.42. The topological polar surface area (TPSA) is 47.4 Å². The lowest BCUT2D eigenvalue weighted by Gasteiger charge is -2.17. The van der Waals surface area contributed by atoms with Crippen molar-refractivity contribution in [2.45, 2.75) is 26.8 Å². The van der Waals surface area contributed by atoms with Crippen molar-refractivity contribution in [3.8, 4) is 11.4 Å². The van der Waals surface area contributed by atoms with Gasteiger partial charge in [-0.1, -0.05) is 30.3 Å². The number of carbonyl (C=O) groups excluding carboxylic acids is 1. The Hall–Kier alpha value is -3.08. The molecule has 27 heavy (non-hydrogen) atoms. The molecule has 5 nitrogen and oxygen atoms in total. The van der Waals surface area contributed by atoms with E-state index in [9.17, 15) is 4.79 Å². The molecular weight excluding hydrogens is 338 g/mol. The standard InChI is InChI=1S/C22H25N3O2/c1-17-9-10-18(2)21(13-17)27-12-11-22(26)24(3)15-19-14-23-25(16-19)20-7-5-4-6-8-20/h4-10,13-14,16H,11-12,15H2,1-3H3. The van der Waals surface area contributed by atoms with Crippen molar-refractivity contribution in [2.75, 3.05) is 13.7 Å². The summed E-state index contributed by atoms with van der Waals surface area (Å²) in [5.74, 6) is 0.891. The van der Waals surface area contributed by atoms with Gasteiger partial charge < -0.3 is 9.64 Å². The molecule has 0 saturated carbocycles. The van der Waals surface area contributed by atoms with Gasteiger partial charge in [0.05, 0.1) is 24.9 Å². The lowest BCUT2D eigenvalue weighted by Crippen LogP contribution is -2.27. The summed E-state index contributed by atoms with van der Waals surface area (Å²) in [6.45, 7) is 4.93. The molecule has 0 N–H and O–H groups in total. The number of benzene rings is 2. The van der Waals surface area contributed by atoms with E-state index in [1.165, 1.54) is 0 Å². The van der Waals surface area contributed by atoms with Crippen molar-refractivity contribution >= 4 is 5.91 Å². The summed E-state index contributed by atoms with van der Waals surface area (Å²) in [4.78, 5) is 14.1. The second-order valence-corrected chi connectivity index (χ2v) is 6.75. The molecule has 0 aliphatic rings. The molecule has 0 bridgehead atoms. The lowest BCUT2D eigenvalue weighted by molar-refractivity contribution is -0.130. The summed E-state index contributed by atoms with van der Waals surface area (Å²) in [6, 6.07) is 16.0. The maximum absolute atomic E-state index is 12.4. The van der Waals surface area contributed by atoms with E-state index in [1.807, 2.05) is 67.2 Å². The van der Waals surface area contributed by atoms with Crippen molar-refractivity contribution < 1.29 is 9.53 Å². The molecule has 0 radical (unpaired) electrons. The van der Waals surface area contributed by atoms with Crippen molar-refractivity contribution in [1.29, 1.82) is 0 Å². The maximum atomic E-state index is 12.4. The molecule has 0 fully saturated rings. The summed E-state index contributed by atoms with van der Waals surface area (Å²) in [7, 11) is 1.81. The minimum absolute atomic E-state index is 0.0489. The smallest absolute Gasteiger partial charge is 0.226 e. The maximum Gasteiger partial charge on any atom is 0.226 e. The first-order valence-corrected chi connectivity index (χ1v) is 9.06. The number of ether oxygens (including phenoxy) is 1. The molecule has 0 atom stereocenters. The van der Waals surface area contributed by atoms with E-state index in [-0.39, 0.29) is 5.91 Å². The first kappa shape index (κ1) is 18.7. The van der Waals surface area contributed by atoms with Crippen LogP contribution in [0.3, 0.4) is 0 Å². The van der Waals surface area contributed by atoms with Crippen LogP contribution in [0.25, 0.3) is 5.69 Å². The number of hydrogen-bond donors (Lipinski definition) is 0. The van der Waals surface area contributed by atoms with Crippen LogP contribution in [0, 0.1) is 13.8 Å². The van der Waals surface area contributed by atoms with Gasteiger partial charge in [0.2, 0.25) is 5.91 Å². The number of carbonyl (C=O) groups is 1. The SMILES string of the molecule is Cc1ccc(C)c(OCCC(=O)N(C)Cc2cnn(-c3ccccc3)c2)c1. The highest BCUT2D eigenvalue weighted by molar-refractivity contribution is 5.76. The molecule has 140 valence electrons. The Morgan fingerprint density at radius 2 is 1.93 bits per heavy atom. The monoisotopic (exact) mass is 363 g/mol. The minimum atomic E-state index is 0.0489. The van der Waals surface area contributed by atoms with Crippen LogP contribution in [-0.4, -0.2) is 34.2 Å². The van der Waals surface area contributed by atoms with E-state index in [2.05, 4.69) is 11.2 Å². The predicted octanol–water partition coefficient (Wildman–Crippen LogP) is 3.92. The Balaban J connectivity index is 1.51. The first-order valence-electron chi connectivity index (χ1n) is 9.06. The molecule has 0 unspecified atom stereocenters. The van der Waals surface area contributed by atoms with Crippen molar-refractivity contribution in [1.82, 2.24) is 14.7 Å². The van der Waals surface area contributed by atoms with Gasteiger partial charge in [0, 0.05) is 25.4 Å². The molecule has 3 aromatic rings. The Morgan fingerprint density at radius 1 is 1.15 bits per heavy atom. The van der Waals surface area contributed by atoms with E-state index in [4.69, 9.17) is 4.74 Å². The Labute approximate surface area is 160 Å². The first-order chi connectivity index (χ1) is 13.0. The molecule has 1 heterocycles. The number of rotatable bonds is 7. The largest absolute Gasteiger partial charge is 0.493 e. The molecule has 0 aliphatic heterocycles. The van der Waals surface area contributed by atoms with Crippen LogP contribution in [0.15, 0.2) is 60.9 Å². The second-order valence-electron chi connectivity index (χ2n) is 6.75. The number of para-hydroxylation sites is 1. The van der Waals surface area contributed by atoms with Gasteiger partial charge >= 0.3 is 0 Å². The third-order valence-electron chi connectivity index (χ3n) is 4.42. The van der Waals surface area contributed by atoms with Crippen LogP contribution < -0.4 is 4.74 Å². The fraction of sp³-hybridized carbons (Fsp3) is 0.273. The number of hydrogen-bond acceptors (Lipinski definition) is 3. The van der Waals surface area contributed by atoms with Crippen molar-refractivity contribution in [3.05, 3.63) is 77.6 Å². The van der Waals surface area contributed by atoms with Crippen LogP contribution in [0.1, 0.15) is 23.1 Å². The Kier molecular flexibility index (Phi) is 5.91. The average molecular weight is 363 g/mol. The molecular formula is C22H25N3O2. The van der Waals surface area contributed by atoms with Gasteiger partial charge in [-0.25, -0.2) is 4.68 Å². The van der Waals surface area contributed by atoms with Gasteiger partial charge in [-0.2, -0.15) is 5.10 Å². The highest BCUT2D eigenvalue weighted by Gasteiger charge is 2.11. The molecule has 0 spiro atoms. The molecule has 3 rings (SSSR count). The summed E-state index contributed by atoms with van der Waals surface area (Å²) in [5.41, 5.74) is 4.22. The zero-order chi connectivity index (χ0) is 19.2. The number of amides is 1. The average Bonchev–Trinajstić information content (AvgIpc) is 3.13. The summed E-state index contributed by atoms with van der Waals surface area (Å²) >= 11 is 0. The van der Waals surface area contributed by atoms with Gasteiger partial charge in [-0.05, 0) is 43.2 Å². The molecule has 1 amide bonds. The lowest BCUT2D eigenvalue weighted by atomic mass is 10.1. The van der Waals surface area contributed by atoms with Gasteiger partial charge in [0.1, 0.15) is 5.75 Å². The Bertz CT molecular complexity index is 903. The highest BCUT2D eigenvalue weighted by atomic mass is 16.5. The molecule has 0 aliphatic carbocycles. The summed E-state index contributed by atoms with van der Waals surface area (Å²) < 4.78 is 7.60. The predicted molar refractivity (Wildman–Crippen MR) is 106 cm³/mol. The van der Waals surface area contributed by atoms with E-state index in [1.54, 1.807) is 18.1 Å². The number of aryl methyl sites for hydroxylation is 2. The van der Waals surface area contributed by atoms with E-state index in [0.29, 0.717) is 19.6 Å². The molecule has 5 heteroatoms. The zero-order valence-electron chi connectivity index (χ0n) is 16.1. The van der Waals surface area contributed by atoms with E-state index < -0.39 is 0 Å². The molecule has 1 aromatic heterocycles. The molecule has 2 aromatic carbocycles. The fourth-order valence-corrected chi connectivity index (χ4v) is 2.83. The van der Waals surface area contributed by atoms with Crippen LogP contribution in [0.4, 0.5) is 0 Å². The van der Waals surface area contributed by atoms with Gasteiger partial charge in [0.25, 0.3) is 0 Å². The number of aromatic nitrogens is 2. The quantitative estimate of drug-likeness (QED) is 0.639. The number of nitrogens with zero attached hydrogens (tertiary/aromatic N) is 3. The van der Waals surface area contributed by atoms with Crippen LogP contribution in [0.5, 0.6) is 5.75 Å². The fourth-order valence-electron chi connectivity index (χ4n) is 2.83. The van der Waals surface area contributed by atoms with Crippen LogP contribution in [-0.2, 0) is 11.3 Å². The highest BCUT2D eigenvalue weighted by Crippen LogP contribution is 2.19. The summed E-state index contributed by atoms with van der Waals surface area (Å²) in [5, 5.41) is 4.37. The Morgan fingerprint density at radius 3 is 2.70 bits per heavy atom. The van der Waals surface area contributed by atoms with Gasteiger partial charge in [-0.3, -0.25) is 4.79 Å². The molecule has 0 saturated heterocycles. The van der Waals surface area contributed by atoms with E-state index >= 15 is 0 Å². The van der Waals surface area contributed by atoms with Crippen molar-refractivity contribution in [2.24, 2.45) is 0 Å². The second kappa shape index (κ2) is 8.54. The van der Waals surface area contributed by atoms with Crippen LogP contribution >= 0.6 is 0 Å². The van der Waals surface area contributed by atoms with E-state index in [0.717, 1.165) is 28.1 Å². The van der Waals surface area contributed by atoms with Gasteiger partial charge in [-0.15, -0.1) is 0 Å². The van der Waals surface area contributed by atoms with Gasteiger partial charge in [0.15, 0.2) is 0 Å². The minimum Gasteiger partial charge on any atom is -0.493 e. The van der Waals surface area contributed by atoms with Crippen molar-refractivity contribution in [3.63, 3.8) is 0 Å². The summed E-state index contributed by atoms with van der Waals surface area (Å²) in [6.07, 6.45) is 4.09. The third kappa shape index (κ3) is 4.97. The zero-order valence-corrected chi connectivity index (χ0v) is 16.1. The normalized spacial score (nSPS) is 10.6. The van der Waals surface area contributed by atoms with Crippen LogP contribution in [0.2, 0.25) is 0 Å².